The van der Waals surface area contributed by atoms with Crippen LogP contribution in [0.4, 0.5) is 0 Å². The molecule has 0 N–H and O–H groups in total. The van der Waals surface area contributed by atoms with Crippen molar-refractivity contribution in [3.8, 4) is 11.1 Å². The zero-order valence-corrected chi connectivity index (χ0v) is 21.8. The van der Waals surface area contributed by atoms with Crippen molar-refractivity contribution in [1.82, 2.24) is 0 Å². The van der Waals surface area contributed by atoms with Gasteiger partial charge in [-0.25, -0.2) is 0 Å². The lowest BCUT2D eigenvalue weighted by molar-refractivity contribution is 0.308. The van der Waals surface area contributed by atoms with Gasteiger partial charge in [-0.3, -0.25) is 0 Å². The van der Waals surface area contributed by atoms with E-state index in [0.29, 0.717) is 0 Å². The average Bonchev–Trinajstić information content (AvgIpc) is 2.87. The fourth-order valence-electron chi connectivity index (χ4n) is 5.44. The molecule has 0 radical (unpaired) electrons. The molecule has 1 aliphatic rings. The second kappa shape index (κ2) is 14.4. The second-order valence-electron chi connectivity index (χ2n) is 10.5. The third kappa shape index (κ3) is 8.47. The maximum atomic E-state index is 2.54. The molecular weight excluding hydrogens is 396 g/mol. The van der Waals surface area contributed by atoms with E-state index in [-0.39, 0.29) is 0 Å². The number of aryl methyl sites for hydroxylation is 1. The van der Waals surface area contributed by atoms with Crippen LogP contribution in [0, 0.1) is 11.8 Å². The van der Waals surface area contributed by atoms with E-state index in [1.165, 1.54) is 112 Å². The van der Waals surface area contributed by atoms with Crippen LogP contribution < -0.4 is 0 Å². The molecule has 0 spiro atoms. The molecular formula is C33H48. The second-order valence-corrected chi connectivity index (χ2v) is 10.5. The predicted molar refractivity (Wildman–Crippen MR) is 148 cm³/mol. The maximum Gasteiger partial charge on any atom is -0.0184 e. The minimum atomic E-state index is 0.876. The van der Waals surface area contributed by atoms with Gasteiger partial charge in [0, 0.05) is 0 Å². The number of benzene rings is 2. The minimum Gasteiger partial charge on any atom is -0.0804 e. The molecule has 2 atom stereocenters. The summed E-state index contributed by atoms with van der Waals surface area (Å²) in [6.45, 7) is 7.07. The Morgan fingerprint density at radius 1 is 0.697 bits per heavy atom. The Hall–Kier alpha value is -1.82. The Morgan fingerprint density at radius 2 is 1.27 bits per heavy atom. The van der Waals surface area contributed by atoms with Crippen LogP contribution in [-0.2, 0) is 6.42 Å². The van der Waals surface area contributed by atoms with Gasteiger partial charge in [0.05, 0.1) is 0 Å². The quantitative estimate of drug-likeness (QED) is 0.254. The number of hydrogen-bond donors (Lipinski definition) is 0. The van der Waals surface area contributed by atoms with Crippen LogP contribution in [0.3, 0.4) is 0 Å². The predicted octanol–water partition coefficient (Wildman–Crippen LogP) is 10.7. The molecule has 0 saturated heterocycles. The van der Waals surface area contributed by atoms with Crippen LogP contribution in [0.2, 0.25) is 0 Å². The lowest BCUT2D eigenvalue weighted by Crippen LogP contribution is -2.14. The summed E-state index contributed by atoms with van der Waals surface area (Å²) in [4.78, 5) is 0. The molecule has 0 bridgehead atoms. The van der Waals surface area contributed by atoms with E-state index in [1.54, 1.807) is 5.57 Å². The van der Waals surface area contributed by atoms with Gasteiger partial charge in [-0.05, 0) is 71.8 Å². The number of unbranched alkanes of at least 4 members (excludes halogenated alkanes) is 7. The van der Waals surface area contributed by atoms with Gasteiger partial charge in [0.2, 0.25) is 0 Å². The molecule has 0 saturated carbocycles. The number of allylic oxidation sites excluding steroid dienone is 2. The van der Waals surface area contributed by atoms with E-state index in [0.717, 1.165) is 11.8 Å². The summed E-state index contributed by atoms with van der Waals surface area (Å²) in [5.74, 6) is 1.76. The fraction of sp³-hybridized carbons (Fsp3) is 0.576. The van der Waals surface area contributed by atoms with Gasteiger partial charge in [-0.1, -0.05) is 133 Å². The zero-order valence-electron chi connectivity index (χ0n) is 21.8. The summed E-state index contributed by atoms with van der Waals surface area (Å²) >= 11 is 0. The van der Waals surface area contributed by atoms with Crippen LogP contribution in [0.25, 0.3) is 16.7 Å². The first kappa shape index (κ1) is 25.8. The van der Waals surface area contributed by atoms with Crippen molar-refractivity contribution in [3.05, 3.63) is 65.7 Å². The maximum absolute atomic E-state index is 2.54. The van der Waals surface area contributed by atoms with Crippen molar-refractivity contribution in [2.24, 2.45) is 11.8 Å². The van der Waals surface area contributed by atoms with Crippen LogP contribution in [0.1, 0.15) is 115 Å². The van der Waals surface area contributed by atoms with Crippen LogP contribution in [0.15, 0.2) is 54.6 Å². The van der Waals surface area contributed by atoms with Crippen molar-refractivity contribution in [2.75, 3.05) is 0 Å². The van der Waals surface area contributed by atoms with Gasteiger partial charge in [-0.2, -0.15) is 0 Å². The minimum absolute atomic E-state index is 0.876. The molecule has 1 aliphatic carbocycles. The van der Waals surface area contributed by atoms with Crippen LogP contribution >= 0.6 is 0 Å². The molecule has 2 aromatic carbocycles. The summed E-state index contributed by atoms with van der Waals surface area (Å²) in [5.41, 5.74) is 7.15. The molecule has 3 rings (SSSR count). The Kier molecular flexibility index (Phi) is 11.3. The highest BCUT2D eigenvalue weighted by molar-refractivity contribution is 5.71. The molecule has 0 nitrogen and oxygen atoms in total. The third-order valence-electron chi connectivity index (χ3n) is 7.88. The lowest BCUT2D eigenvalue weighted by atomic mass is 9.78. The van der Waals surface area contributed by atoms with Gasteiger partial charge in [-0.15, -0.1) is 0 Å². The molecule has 0 fully saturated rings. The molecule has 0 heterocycles. The van der Waals surface area contributed by atoms with E-state index < -0.39 is 0 Å². The monoisotopic (exact) mass is 444 g/mol. The van der Waals surface area contributed by atoms with Crippen LogP contribution in [0.5, 0.6) is 0 Å². The van der Waals surface area contributed by atoms with E-state index in [2.05, 4.69) is 75.4 Å². The van der Waals surface area contributed by atoms with Gasteiger partial charge in [0.25, 0.3) is 0 Å². The van der Waals surface area contributed by atoms with E-state index in [4.69, 9.17) is 0 Å². The summed E-state index contributed by atoms with van der Waals surface area (Å²) in [5, 5.41) is 0. The van der Waals surface area contributed by atoms with Gasteiger partial charge < -0.3 is 0 Å². The van der Waals surface area contributed by atoms with E-state index in [9.17, 15) is 0 Å². The molecule has 0 aliphatic heterocycles. The summed E-state index contributed by atoms with van der Waals surface area (Å²) in [7, 11) is 0. The largest absolute Gasteiger partial charge is 0.0804 e. The van der Waals surface area contributed by atoms with Gasteiger partial charge >= 0.3 is 0 Å². The lowest BCUT2D eigenvalue weighted by Gasteiger charge is -2.27. The Labute approximate surface area is 204 Å². The smallest absolute Gasteiger partial charge is 0.0184 e. The molecule has 2 unspecified atom stereocenters. The topological polar surface area (TPSA) is 0 Å². The first-order chi connectivity index (χ1) is 16.2. The normalized spacial score (nSPS) is 17.1. The molecule has 180 valence electrons. The Morgan fingerprint density at radius 3 is 1.91 bits per heavy atom. The highest BCUT2D eigenvalue weighted by atomic mass is 14.3. The fourth-order valence-corrected chi connectivity index (χ4v) is 5.44. The molecule has 0 amide bonds. The third-order valence-corrected chi connectivity index (χ3v) is 7.88. The first-order valence-corrected chi connectivity index (χ1v) is 14.1. The van der Waals surface area contributed by atoms with Crippen molar-refractivity contribution in [2.45, 2.75) is 111 Å². The van der Waals surface area contributed by atoms with Crippen molar-refractivity contribution >= 4 is 5.57 Å². The molecule has 0 aromatic heterocycles. The molecule has 33 heavy (non-hydrogen) atoms. The highest BCUT2D eigenvalue weighted by Crippen LogP contribution is 2.36. The Balaban J connectivity index is 1.48. The highest BCUT2D eigenvalue weighted by Gasteiger charge is 2.20. The van der Waals surface area contributed by atoms with E-state index >= 15 is 0 Å². The van der Waals surface area contributed by atoms with Gasteiger partial charge in [0.1, 0.15) is 0 Å². The number of hydrogen-bond acceptors (Lipinski definition) is 0. The molecule has 0 heteroatoms. The van der Waals surface area contributed by atoms with Crippen molar-refractivity contribution < 1.29 is 0 Å². The molecule has 2 aromatic rings. The number of rotatable bonds is 14. The van der Waals surface area contributed by atoms with Gasteiger partial charge in [0.15, 0.2) is 0 Å². The van der Waals surface area contributed by atoms with Crippen LogP contribution in [-0.4, -0.2) is 0 Å². The SMILES string of the molecule is CCCCCCCCc1ccc(-c2ccc(C3=CCC(C(C)CCCCC)CC3)cc2)cc1. The standard InChI is InChI=1S/C33H48/c1-4-6-8-9-10-12-14-28-15-17-30(18-16-28)32-23-25-33(26-24-32)31-21-19-29(20-22-31)27(3)13-11-7-5-2/h15-18,21,23-27,29H,4-14,19-20,22H2,1-3H3. The summed E-state index contributed by atoms with van der Waals surface area (Å²) < 4.78 is 0. The zero-order chi connectivity index (χ0) is 23.3. The van der Waals surface area contributed by atoms with Crippen molar-refractivity contribution in [1.29, 1.82) is 0 Å². The van der Waals surface area contributed by atoms with E-state index in [1.807, 2.05) is 0 Å². The Bertz CT molecular complexity index is 808. The van der Waals surface area contributed by atoms with Crippen molar-refractivity contribution in [3.63, 3.8) is 0 Å². The summed E-state index contributed by atoms with van der Waals surface area (Å²) in [6, 6.07) is 18.6. The average molecular weight is 445 g/mol. The first-order valence-electron chi connectivity index (χ1n) is 14.1. The summed E-state index contributed by atoms with van der Waals surface area (Å²) in [6.07, 6.45) is 21.4.